The minimum absolute atomic E-state index is 0.672. The van der Waals surface area contributed by atoms with Gasteiger partial charge in [-0.1, -0.05) is 71.6 Å². The third-order valence-corrected chi connectivity index (χ3v) is 5.39. The smallest absolute Gasteiger partial charge is 0.0533 e. The molecule has 1 aliphatic heterocycles. The lowest BCUT2D eigenvalue weighted by atomic mass is 9.82. The second-order valence-electron chi connectivity index (χ2n) is 6.75. The first-order chi connectivity index (χ1) is 9.33. The average Bonchev–Trinajstić information content (AvgIpc) is 2.73. The van der Waals surface area contributed by atoms with E-state index < -0.39 is 0 Å². The van der Waals surface area contributed by atoms with E-state index in [9.17, 15) is 0 Å². The highest BCUT2D eigenvalue weighted by molar-refractivity contribution is 5.88. The molecular formula is C18H33N. The quantitative estimate of drug-likeness (QED) is 0.569. The minimum atomic E-state index is 0.672. The molecule has 1 nitrogen and oxygen atoms in total. The van der Waals surface area contributed by atoms with Crippen molar-refractivity contribution in [3.8, 4) is 0 Å². The van der Waals surface area contributed by atoms with Crippen LogP contribution >= 0.6 is 0 Å². The summed E-state index contributed by atoms with van der Waals surface area (Å²) in [5.74, 6) is 1.64. The Bertz CT molecular complexity index is 281. The Morgan fingerprint density at radius 2 is 1.37 bits per heavy atom. The molecular weight excluding hydrogens is 230 g/mol. The number of hydrogen-bond donors (Lipinski definition) is 0. The van der Waals surface area contributed by atoms with Crippen LogP contribution in [-0.2, 0) is 0 Å². The number of fused-ring (bicyclic) bond motifs is 1. The minimum Gasteiger partial charge on any atom is -0.290 e. The van der Waals surface area contributed by atoms with E-state index >= 15 is 0 Å². The van der Waals surface area contributed by atoms with Gasteiger partial charge in [-0.3, -0.25) is 4.99 Å². The number of nitrogens with zero attached hydrogens (tertiary/aromatic N) is 1. The lowest BCUT2D eigenvalue weighted by molar-refractivity contribution is 0.335. The molecule has 1 aliphatic carbocycles. The van der Waals surface area contributed by atoms with Crippen molar-refractivity contribution in [1.82, 2.24) is 0 Å². The fourth-order valence-corrected chi connectivity index (χ4v) is 4.11. The van der Waals surface area contributed by atoms with Crippen molar-refractivity contribution in [2.24, 2.45) is 16.8 Å². The number of rotatable bonds is 1. The molecule has 2 rings (SSSR count). The normalized spacial score (nSPS) is 34.6. The predicted octanol–water partition coefficient (Wildman–Crippen LogP) is 5.78. The summed E-state index contributed by atoms with van der Waals surface area (Å²) in [6.45, 7) is 4.72. The molecule has 0 amide bonds. The van der Waals surface area contributed by atoms with Gasteiger partial charge in [0.2, 0.25) is 0 Å². The van der Waals surface area contributed by atoms with Crippen molar-refractivity contribution in [2.45, 2.75) is 96.9 Å². The molecule has 0 aromatic heterocycles. The van der Waals surface area contributed by atoms with Crippen molar-refractivity contribution >= 4 is 5.71 Å². The van der Waals surface area contributed by atoms with Gasteiger partial charge in [0, 0.05) is 5.71 Å². The Kier molecular flexibility index (Phi) is 6.40. The van der Waals surface area contributed by atoms with Crippen molar-refractivity contribution in [3.63, 3.8) is 0 Å². The van der Waals surface area contributed by atoms with Gasteiger partial charge in [-0.25, -0.2) is 0 Å². The fraction of sp³-hybridized carbons (Fsp3) is 0.944. The van der Waals surface area contributed by atoms with Gasteiger partial charge < -0.3 is 0 Å². The van der Waals surface area contributed by atoms with Crippen molar-refractivity contribution in [2.75, 3.05) is 0 Å². The Labute approximate surface area is 120 Å². The van der Waals surface area contributed by atoms with E-state index in [4.69, 9.17) is 4.99 Å². The average molecular weight is 263 g/mol. The maximum absolute atomic E-state index is 5.08. The molecule has 0 aromatic carbocycles. The molecule has 19 heavy (non-hydrogen) atoms. The highest BCUT2D eigenvalue weighted by Gasteiger charge is 2.33. The van der Waals surface area contributed by atoms with E-state index in [0.717, 1.165) is 11.8 Å². The Hall–Kier alpha value is -0.330. The van der Waals surface area contributed by atoms with E-state index in [1.54, 1.807) is 0 Å². The van der Waals surface area contributed by atoms with Gasteiger partial charge in [0.25, 0.3) is 0 Å². The van der Waals surface area contributed by atoms with Crippen LogP contribution in [0.15, 0.2) is 4.99 Å². The van der Waals surface area contributed by atoms with Crippen molar-refractivity contribution in [1.29, 1.82) is 0 Å². The van der Waals surface area contributed by atoms with Crippen LogP contribution in [-0.4, -0.2) is 11.8 Å². The molecule has 3 unspecified atom stereocenters. The highest BCUT2D eigenvalue weighted by atomic mass is 14.9. The van der Waals surface area contributed by atoms with Gasteiger partial charge in [-0.15, -0.1) is 0 Å². The summed E-state index contributed by atoms with van der Waals surface area (Å²) in [6, 6.07) is 0.672. The topological polar surface area (TPSA) is 12.4 Å². The van der Waals surface area contributed by atoms with Crippen molar-refractivity contribution < 1.29 is 0 Å². The maximum Gasteiger partial charge on any atom is 0.0533 e. The zero-order valence-electron chi connectivity index (χ0n) is 13.2. The van der Waals surface area contributed by atoms with E-state index in [1.807, 2.05) is 0 Å². The molecule has 110 valence electrons. The lowest BCUT2D eigenvalue weighted by Crippen LogP contribution is -2.21. The molecule has 0 saturated heterocycles. The fourth-order valence-electron chi connectivity index (χ4n) is 4.11. The molecule has 0 bridgehead atoms. The first-order valence-corrected chi connectivity index (χ1v) is 8.89. The second-order valence-corrected chi connectivity index (χ2v) is 6.75. The molecule has 2 aliphatic rings. The zero-order chi connectivity index (χ0) is 13.5. The van der Waals surface area contributed by atoms with Gasteiger partial charge in [0.05, 0.1) is 6.04 Å². The monoisotopic (exact) mass is 263 g/mol. The predicted molar refractivity (Wildman–Crippen MR) is 85.0 cm³/mol. The first kappa shape index (κ1) is 15.1. The summed E-state index contributed by atoms with van der Waals surface area (Å²) in [4.78, 5) is 5.08. The summed E-state index contributed by atoms with van der Waals surface area (Å²) >= 11 is 0. The molecule has 3 atom stereocenters. The van der Waals surface area contributed by atoms with Gasteiger partial charge in [0.15, 0.2) is 0 Å². The van der Waals surface area contributed by atoms with Gasteiger partial charge in [-0.2, -0.15) is 0 Å². The Morgan fingerprint density at radius 3 is 1.95 bits per heavy atom. The summed E-state index contributed by atoms with van der Waals surface area (Å²) in [6.07, 6.45) is 17.0. The molecule has 1 heteroatoms. The molecule has 1 saturated carbocycles. The van der Waals surface area contributed by atoms with Crippen LogP contribution in [0.5, 0.6) is 0 Å². The van der Waals surface area contributed by atoms with Crippen LogP contribution in [0.2, 0.25) is 0 Å². The van der Waals surface area contributed by atoms with E-state index in [0.29, 0.717) is 6.04 Å². The molecule has 0 radical (unpaired) electrons. The number of aliphatic imine (C=N–C) groups is 1. The van der Waals surface area contributed by atoms with Gasteiger partial charge >= 0.3 is 0 Å². The molecule has 0 N–H and O–H groups in total. The van der Waals surface area contributed by atoms with Crippen LogP contribution in [0, 0.1) is 11.8 Å². The van der Waals surface area contributed by atoms with Crippen LogP contribution in [0.3, 0.4) is 0 Å². The first-order valence-electron chi connectivity index (χ1n) is 8.89. The summed E-state index contributed by atoms with van der Waals surface area (Å²) in [5, 5.41) is 0. The van der Waals surface area contributed by atoms with Crippen molar-refractivity contribution in [3.05, 3.63) is 0 Å². The standard InChI is InChI=1S/C18H33N/c1-3-17-15(2)16-13-11-9-7-5-4-6-8-10-12-14-18(16)19-17/h15-16,18H,3-14H2,1-2H3. The third-order valence-electron chi connectivity index (χ3n) is 5.39. The maximum atomic E-state index is 5.08. The van der Waals surface area contributed by atoms with Crippen LogP contribution in [0.25, 0.3) is 0 Å². The zero-order valence-corrected chi connectivity index (χ0v) is 13.2. The van der Waals surface area contributed by atoms with E-state index in [2.05, 4.69) is 13.8 Å². The molecule has 0 spiro atoms. The third kappa shape index (κ3) is 4.33. The van der Waals surface area contributed by atoms with Crippen LogP contribution < -0.4 is 0 Å². The van der Waals surface area contributed by atoms with Gasteiger partial charge in [0.1, 0.15) is 0 Å². The SMILES string of the molecule is CCC1=NC2CCCCCCCCCCCC2C1C. The van der Waals surface area contributed by atoms with E-state index in [1.165, 1.54) is 82.8 Å². The van der Waals surface area contributed by atoms with Crippen LogP contribution in [0.4, 0.5) is 0 Å². The summed E-state index contributed by atoms with van der Waals surface area (Å²) in [7, 11) is 0. The second kappa shape index (κ2) is 8.07. The molecule has 1 heterocycles. The molecule has 0 aromatic rings. The summed E-state index contributed by atoms with van der Waals surface area (Å²) in [5.41, 5.74) is 1.52. The Balaban J connectivity index is 1.92. The Morgan fingerprint density at radius 1 is 0.842 bits per heavy atom. The largest absolute Gasteiger partial charge is 0.290 e. The van der Waals surface area contributed by atoms with Crippen LogP contribution in [0.1, 0.15) is 90.9 Å². The lowest BCUT2D eigenvalue weighted by Gasteiger charge is -2.22. The number of hydrogen-bond acceptors (Lipinski definition) is 1. The summed E-state index contributed by atoms with van der Waals surface area (Å²) < 4.78 is 0. The van der Waals surface area contributed by atoms with Gasteiger partial charge in [-0.05, 0) is 31.1 Å². The molecule has 1 fully saturated rings. The highest BCUT2D eigenvalue weighted by Crippen LogP contribution is 2.35. The van der Waals surface area contributed by atoms with E-state index in [-0.39, 0.29) is 0 Å².